The van der Waals surface area contributed by atoms with Gasteiger partial charge in [0.2, 0.25) is 0 Å². The highest BCUT2D eigenvalue weighted by Gasteiger charge is 2.17. The quantitative estimate of drug-likeness (QED) is 0.420. The molecular weight excluding hydrogens is 332 g/mol. The molecular formula is C19H18N4O3. The van der Waals surface area contributed by atoms with E-state index >= 15 is 0 Å². The van der Waals surface area contributed by atoms with Crippen LogP contribution in [0.4, 0.5) is 5.69 Å². The van der Waals surface area contributed by atoms with Gasteiger partial charge < -0.3 is 16.0 Å². The molecule has 0 radical (unpaired) electrons. The number of aromatic amines is 1. The van der Waals surface area contributed by atoms with Crippen molar-refractivity contribution in [3.05, 3.63) is 65.9 Å². The lowest BCUT2D eigenvalue weighted by Gasteiger charge is -2.06. The number of nitrogen functional groups attached to an aromatic ring is 1. The van der Waals surface area contributed by atoms with Crippen LogP contribution in [0.25, 0.3) is 10.9 Å². The Labute approximate surface area is 149 Å². The first-order chi connectivity index (χ1) is 12.5. The molecule has 7 nitrogen and oxygen atoms in total. The molecule has 0 fully saturated rings. The number of carbonyl (C=O) groups excluding carboxylic acids is 3. The molecule has 26 heavy (non-hydrogen) atoms. The first-order valence-electron chi connectivity index (χ1n) is 8.08. The second-order valence-corrected chi connectivity index (χ2v) is 5.77. The minimum Gasteiger partial charge on any atom is -0.399 e. The van der Waals surface area contributed by atoms with Crippen molar-refractivity contribution in [2.75, 3.05) is 12.3 Å². The Morgan fingerprint density at radius 2 is 1.69 bits per heavy atom. The molecule has 0 saturated carbocycles. The zero-order chi connectivity index (χ0) is 18.5. The van der Waals surface area contributed by atoms with E-state index < -0.39 is 17.7 Å². The maximum atomic E-state index is 11.9. The third-order valence-corrected chi connectivity index (χ3v) is 3.96. The van der Waals surface area contributed by atoms with E-state index in [9.17, 15) is 14.4 Å². The smallest absolute Gasteiger partial charge is 0.316 e. The molecule has 0 aliphatic rings. The lowest BCUT2D eigenvalue weighted by atomic mass is 10.1. The summed E-state index contributed by atoms with van der Waals surface area (Å²) in [5.74, 6) is -2.50. The van der Waals surface area contributed by atoms with Gasteiger partial charge in [0.15, 0.2) is 0 Å². The number of amides is 3. The van der Waals surface area contributed by atoms with Gasteiger partial charge in [-0.3, -0.25) is 19.7 Å². The largest absolute Gasteiger partial charge is 0.399 e. The molecule has 1 aromatic heterocycles. The van der Waals surface area contributed by atoms with Gasteiger partial charge in [-0.2, -0.15) is 0 Å². The van der Waals surface area contributed by atoms with Crippen molar-refractivity contribution in [2.45, 2.75) is 6.42 Å². The fourth-order valence-corrected chi connectivity index (χ4v) is 2.60. The fourth-order valence-electron chi connectivity index (χ4n) is 2.60. The van der Waals surface area contributed by atoms with Crippen molar-refractivity contribution in [1.82, 2.24) is 15.6 Å². The Kier molecular flexibility index (Phi) is 4.98. The highest BCUT2D eigenvalue weighted by Crippen LogP contribution is 2.17. The van der Waals surface area contributed by atoms with E-state index in [2.05, 4.69) is 15.6 Å². The number of rotatable bonds is 4. The van der Waals surface area contributed by atoms with Crippen LogP contribution in [-0.4, -0.2) is 29.3 Å². The Hall–Kier alpha value is -3.61. The topological polar surface area (TPSA) is 117 Å². The Balaban J connectivity index is 1.50. The summed E-state index contributed by atoms with van der Waals surface area (Å²) >= 11 is 0. The summed E-state index contributed by atoms with van der Waals surface area (Å²) in [4.78, 5) is 38.7. The predicted octanol–water partition coefficient (Wildman–Crippen LogP) is 1.37. The SMILES string of the molecule is Nc1ccc(C(=O)NC(=O)C(=O)NCCc2c[nH]c3ccccc23)cc1. The molecule has 7 heteroatoms. The van der Waals surface area contributed by atoms with Crippen molar-refractivity contribution in [3.63, 3.8) is 0 Å². The molecule has 0 aliphatic heterocycles. The number of imide groups is 1. The number of para-hydroxylation sites is 1. The van der Waals surface area contributed by atoms with Gasteiger partial charge in [0.1, 0.15) is 0 Å². The first kappa shape index (κ1) is 17.2. The minimum absolute atomic E-state index is 0.249. The van der Waals surface area contributed by atoms with Crippen LogP contribution in [-0.2, 0) is 16.0 Å². The molecule has 3 rings (SSSR count). The van der Waals surface area contributed by atoms with Crippen LogP contribution in [0.1, 0.15) is 15.9 Å². The van der Waals surface area contributed by atoms with Crippen LogP contribution >= 0.6 is 0 Å². The summed E-state index contributed by atoms with van der Waals surface area (Å²) in [6.45, 7) is 0.282. The third kappa shape index (κ3) is 3.89. The fraction of sp³-hybridized carbons (Fsp3) is 0.105. The molecule has 132 valence electrons. The number of benzene rings is 2. The second kappa shape index (κ2) is 7.52. The van der Waals surface area contributed by atoms with Gasteiger partial charge in [-0.05, 0) is 42.3 Å². The first-order valence-corrected chi connectivity index (χ1v) is 8.08. The lowest BCUT2D eigenvalue weighted by Crippen LogP contribution is -2.43. The van der Waals surface area contributed by atoms with Gasteiger partial charge in [0.05, 0.1) is 0 Å². The van der Waals surface area contributed by atoms with Crippen LogP contribution in [0, 0.1) is 0 Å². The van der Waals surface area contributed by atoms with Crippen LogP contribution in [0.2, 0.25) is 0 Å². The highest BCUT2D eigenvalue weighted by molar-refractivity contribution is 6.38. The summed E-state index contributed by atoms with van der Waals surface area (Å²) < 4.78 is 0. The Morgan fingerprint density at radius 3 is 2.46 bits per heavy atom. The molecule has 0 spiro atoms. The van der Waals surface area contributed by atoms with Crippen LogP contribution < -0.4 is 16.4 Å². The molecule has 2 aromatic carbocycles. The summed E-state index contributed by atoms with van der Waals surface area (Å²) in [7, 11) is 0. The summed E-state index contributed by atoms with van der Waals surface area (Å²) in [5, 5.41) is 5.64. The molecule has 3 amide bonds. The average Bonchev–Trinajstić information content (AvgIpc) is 3.05. The maximum absolute atomic E-state index is 11.9. The number of fused-ring (bicyclic) bond motifs is 1. The minimum atomic E-state index is -0.995. The molecule has 0 aliphatic carbocycles. The van der Waals surface area contributed by atoms with Gasteiger partial charge in [-0.1, -0.05) is 18.2 Å². The van der Waals surface area contributed by atoms with Crippen molar-refractivity contribution >= 4 is 34.3 Å². The normalized spacial score (nSPS) is 10.5. The summed E-state index contributed by atoms with van der Waals surface area (Å²) in [5.41, 5.74) is 8.35. The Morgan fingerprint density at radius 1 is 0.962 bits per heavy atom. The third-order valence-electron chi connectivity index (χ3n) is 3.96. The number of nitrogens with two attached hydrogens (primary N) is 1. The molecule has 0 bridgehead atoms. The predicted molar refractivity (Wildman–Crippen MR) is 98.3 cm³/mol. The average molecular weight is 350 g/mol. The van der Waals surface area contributed by atoms with Crippen molar-refractivity contribution in [2.24, 2.45) is 0 Å². The number of hydrogen-bond acceptors (Lipinski definition) is 4. The van der Waals surface area contributed by atoms with E-state index in [0.717, 1.165) is 16.5 Å². The van der Waals surface area contributed by atoms with Crippen LogP contribution in [0.3, 0.4) is 0 Å². The van der Waals surface area contributed by atoms with E-state index in [4.69, 9.17) is 5.73 Å². The zero-order valence-corrected chi connectivity index (χ0v) is 13.9. The molecule has 3 aromatic rings. The number of aromatic nitrogens is 1. The van der Waals surface area contributed by atoms with E-state index in [1.165, 1.54) is 12.1 Å². The lowest BCUT2D eigenvalue weighted by molar-refractivity contribution is -0.138. The molecule has 5 N–H and O–H groups in total. The monoisotopic (exact) mass is 350 g/mol. The molecule has 1 heterocycles. The standard InChI is InChI=1S/C19H18N4O3/c20-14-7-5-12(6-8-14)17(24)23-19(26)18(25)21-10-9-13-11-22-16-4-2-1-3-15(13)16/h1-8,11,22H,9-10,20H2,(H,21,25)(H,23,24,26). The summed E-state index contributed by atoms with van der Waals surface area (Å²) in [6, 6.07) is 13.9. The van der Waals surface area contributed by atoms with E-state index in [1.807, 2.05) is 30.5 Å². The number of nitrogens with one attached hydrogen (secondary N) is 3. The zero-order valence-electron chi connectivity index (χ0n) is 13.9. The van der Waals surface area contributed by atoms with E-state index in [0.29, 0.717) is 12.1 Å². The van der Waals surface area contributed by atoms with Gasteiger partial charge in [0, 0.05) is 34.9 Å². The molecule has 0 unspecified atom stereocenters. The number of H-pyrrole nitrogens is 1. The van der Waals surface area contributed by atoms with Crippen LogP contribution in [0.15, 0.2) is 54.7 Å². The van der Waals surface area contributed by atoms with E-state index in [1.54, 1.807) is 12.1 Å². The summed E-state index contributed by atoms with van der Waals surface area (Å²) in [6.07, 6.45) is 2.44. The van der Waals surface area contributed by atoms with Gasteiger partial charge in [0.25, 0.3) is 5.91 Å². The van der Waals surface area contributed by atoms with Crippen molar-refractivity contribution in [3.8, 4) is 0 Å². The number of carbonyl (C=O) groups is 3. The number of hydrogen-bond donors (Lipinski definition) is 4. The van der Waals surface area contributed by atoms with Crippen LogP contribution in [0.5, 0.6) is 0 Å². The molecule has 0 atom stereocenters. The second-order valence-electron chi connectivity index (χ2n) is 5.77. The number of anilines is 1. The van der Waals surface area contributed by atoms with Gasteiger partial charge >= 0.3 is 11.8 Å². The van der Waals surface area contributed by atoms with Crippen molar-refractivity contribution in [1.29, 1.82) is 0 Å². The van der Waals surface area contributed by atoms with E-state index in [-0.39, 0.29) is 12.1 Å². The van der Waals surface area contributed by atoms with Crippen molar-refractivity contribution < 1.29 is 14.4 Å². The molecule has 0 saturated heterocycles. The highest BCUT2D eigenvalue weighted by atomic mass is 16.2. The maximum Gasteiger partial charge on any atom is 0.316 e. The Bertz CT molecular complexity index is 960. The van der Waals surface area contributed by atoms with Gasteiger partial charge in [-0.15, -0.1) is 0 Å². The van der Waals surface area contributed by atoms with Gasteiger partial charge in [-0.25, -0.2) is 0 Å².